The fourth-order valence-electron chi connectivity index (χ4n) is 2.48. The van der Waals surface area contributed by atoms with Gasteiger partial charge in [0, 0.05) is 44.5 Å². The predicted octanol–water partition coefficient (Wildman–Crippen LogP) is 1.59. The number of aliphatic hydroxyl groups is 1. The van der Waals surface area contributed by atoms with Gasteiger partial charge in [-0.15, -0.1) is 0 Å². The van der Waals surface area contributed by atoms with Crippen LogP contribution in [0.25, 0.3) is 0 Å². The lowest BCUT2D eigenvalue weighted by molar-refractivity contribution is -0.384. The van der Waals surface area contributed by atoms with Crippen molar-refractivity contribution in [2.45, 2.75) is 25.5 Å². The SMILES string of the molecule is CNc1ccc([N+](=O)[O-])cc1CN1CCC(C)(O)C1. The third-order valence-corrected chi connectivity index (χ3v) is 3.49. The first-order valence-corrected chi connectivity index (χ1v) is 6.31. The maximum atomic E-state index is 10.8. The molecule has 0 amide bonds. The highest BCUT2D eigenvalue weighted by Crippen LogP contribution is 2.27. The molecule has 19 heavy (non-hydrogen) atoms. The zero-order chi connectivity index (χ0) is 14.0. The number of nitrogens with one attached hydrogen (secondary N) is 1. The zero-order valence-corrected chi connectivity index (χ0v) is 11.2. The van der Waals surface area contributed by atoms with Crippen LogP contribution in [0.1, 0.15) is 18.9 Å². The van der Waals surface area contributed by atoms with E-state index >= 15 is 0 Å². The normalized spacial score (nSPS) is 23.5. The molecule has 0 saturated carbocycles. The van der Waals surface area contributed by atoms with Gasteiger partial charge in [-0.2, -0.15) is 0 Å². The number of non-ortho nitro benzene ring substituents is 1. The zero-order valence-electron chi connectivity index (χ0n) is 11.2. The molecular formula is C13H19N3O3. The molecule has 1 aliphatic heterocycles. The summed E-state index contributed by atoms with van der Waals surface area (Å²) in [5, 5.41) is 23.8. The molecule has 1 aromatic rings. The van der Waals surface area contributed by atoms with Crippen molar-refractivity contribution in [2.24, 2.45) is 0 Å². The largest absolute Gasteiger partial charge is 0.389 e. The van der Waals surface area contributed by atoms with Crippen LogP contribution in [-0.2, 0) is 6.54 Å². The van der Waals surface area contributed by atoms with Crippen LogP contribution in [0.3, 0.4) is 0 Å². The van der Waals surface area contributed by atoms with Crippen LogP contribution in [0.5, 0.6) is 0 Å². The number of anilines is 1. The molecular weight excluding hydrogens is 246 g/mol. The summed E-state index contributed by atoms with van der Waals surface area (Å²) in [6.45, 7) is 3.82. The number of nitrogens with zero attached hydrogens (tertiary/aromatic N) is 2. The minimum absolute atomic E-state index is 0.0972. The van der Waals surface area contributed by atoms with E-state index in [0.717, 1.165) is 24.2 Å². The van der Waals surface area contributed by atoms with E-state index in [1.807, 2.05) is 6.92 Å². The maximum Gasteiger partial charge on any atom is 0.269 e. The van der Waals surface area contributed by atoms with Gasteiger partial charge in [-0.3, -0.25) is 15.0 Å². The van der Waals surface area contributed by atoms with Crippen molar-refractivity contribution in [3.8, 4) is 0 Å². The van der Waals surface area contributed by atoms with E-state index in [0.29, 0.717) is 13.1 Å². The lowest BCUT2D eigenvalue weighted by atomic mass is 10.1. The van der Waals surface area contributed by atoms with E-state index < -0.39 is 5.60 Å². The molecule has 0 aliphatic carbocycles. The Labute approximate surface area is 112 Å². The first kappa shape index (κ1) is 13.8. The topological polar surface area (TPSA) is 78.6 Å². The van der Waals surface area contributed by atoms with Crippen LogP contribution < -0.4 is 5.32 Å². The van der Waals surface area contributed by atoms with Crippen LogP contribution in [0, 0.1) is 10.1 Å². The third kappa shape index (κ3) is 3.21. The van der Waals surface area contributed by atoms with E-state index in [9.17, 15) is 15.2 Å². The number of rotatable bonds is 4. The molecule has 0 bridgehead atoms. The number of hydrogen-bond acceptors (Lipinski definition) is 5. The molecule has 1 fully saturated rings. The van der Waals surface area contributed by atoms with Gasteiger partial charge in [-0.25, -0.2) is 0 Å². The van der Waals surface area contributed by atoms with E-state index in [-0.39, 0.29) is 10.6 Å². The number of nitro groups is 1. The summed E-state index contributed by atoms with van der Waals surface area (Å²) in [7, 11) is 1.80. The molecule has 1 aliphatic rings. The summed E-state index contributed by atoms with van der Waals surface area (Å²) in [4.78, 5) is 12.5. The molecule has 104 valence electrons. The molecule has 0 spiro atoms. The Balaban J connectivity index is 2.18. The molecule has 0 radical (unpaired) electrons. The summed E-state index contributed by atoms with van der Waals surface area (Å²) in [6, 6.07) is 4.82. The van der Waals surface area contributed by atoms with Crippen LogP contribution in [0.15, 0.2) is 18.2 Å². The fourth-order valence-corrected chi connectivity index (χ4v) is 2.48. The number of likely N-dealkylation sites (tertiary alicyclic amines) is 1. The predicted molar refractivity (Wildman–Crippen MR) is 73.2 cm³/mol. The third-order valence-electron chi connectivity index (χ3n) is 3.49. The molecule has 6 nitrogen and oxygen atoms in total. The van der Waals surface area contributed by atoms with Gasteiger partial charge in [-0.05, 0) is 25.0 Å². The Hall–Kier alpha value is -1.66. The molecule has 1 aromatic carbocycles. The standard InChI is InChI=1S/C13H19N3O3/c1-13(17)5-6-15(9-13)8-10-7-11(16(18)19)3-4-12(10)14-2/h3-4,7,14,17H,5-6,8-9H2,1-2H3. The molecule has 1 heterocycles. The minimum atomic E-state index is -0.652. The highest BCUT2D eigenvalue weighted by atomic mass is 16.6. The summed E-state index contributed by atoms with van der Waals surface area (Å²) in [5.41, 5.74) is 1.21. The monoisotopic (exact) mass is 265 g/mol. The second-order valence-corrected chi connectivity index (χ2v) is 5.31. The van der Waals surface area contributed by atoms with Crippen LogP contribution >= 0.6 is 0 Å². The molecule has 1 unspecified atom stereocenters. The Morgan fingerprint density at radius 1 is 1.58 bits per heavy atom. The maximum absolute atomic E-state index is 10.8. The van der Waals surface area contributed by atoms with E-state index in [2.05, 4.69) is 10.2 Å². The summed E-state index contributed by atoms with van der Waals surface area (Å²) in [5.74, 6) is 0. The van der Waals surface area contributed by atoms with E-state index in [4.69, 9.17) is 0 Å². The van der Waals surface area contributed by atoms with Crippen molar-refractivity contribution >= 4 is 11.4 Å². The molecule has 0 aromatic heterocycles. The number of benzene rings is 1. The lowest BCUT2D eigenvalue weighted by Crippen LogP contribution is -2.29. The Bertz CT molecular complexity index is 488. The molecule has 2 N–H and O–H groups in total. The van der Waals surface area contributed by atoms with Crippen molar-refractivity contribution in [2.75, 3.05) is 25.5 Å². The second kappa shape index (κ2) is 5.14. The molecule has 1 atom stereocenters. The fraction of sp³-hybridized carbons (Fsp3) is 0.538. The Morgan fingerprint density at radius 3 is 2.84 bits per heavy atom. The van der Waals surface area contributed by atoms with Crippen LogP contribution in [0.4, 0.5) is 11.4 Å². The Kier molecular flexibility index (Phi) is 3.73. The van der Waals surface area contributed by atoms with Crippen LogP contribution in [-0.4, -0.2) is 40.7 Å². The second-order valence-electron chi connectivity index (χ2n) is 5.31. The number of hydrogen-bond donors (Lipinski definition) is 2. The van der Waals surface area contributed by atoms with Gasteiger partial charge >= 0.3 is 0 Å². The van der Waals surface area contributed by atoms with Gasteiger partial charge in [-0.1, -0.05) is 0 Å². The van der Waals surface area contributed by atoms with Gasteiger partial charge in [0.2, 0.25) is 0 Å². The van der Waals surface area contributed by atoms with Crippen molar-refractivity contribution < 1.29 is 10.0 Å². The summed E-state index contributed by atoms with van der Waals surface area (Å²) in [6.07, 6.45) is 0.733. The first-order valence-electron chi connectivity index (χ1n) is 6.31. The van der Waals surface area contributed by atoms with Gasteiger partial charge in [0.25, 0.3) is 5.69 Å². The lowest BCUT2D eigenvalue weighted by Gasteiger charge is -2.20. The first-order chi connectivity index (χ1) is 8.91. The van der Waals surface area contributed by atoms with Crippen molar-refractivity contribution in [1.29, 1.82) is 0 Å². The Morgan fingerprint density at radius 2 is 2.32 bits per heavy atom. The average molecular weight is 265 g/mol. The smallest absolute Gasteiger partial charge is 0.269 e. The molecule has 6 heteroatoms. The number of β-amino-alcohol motifs (C(OH)–C–C–N with tert-alkyl or cyclic N) is 1. The highest BCUT2D eigenvalue weighted by molar-refractivity contribution is 5.55. The number of nitro benzene ring substituents is 1. The quantitative estimate of drug-likeness (QED) is 0.638. The highest BCUT2D eigenvalue weighted by Gasteiger charge is 2.31. The van der Waals surface area contributed by atoms with Gasteiger partial charge < -0.3 is 10.4 Å². The molecule has 2 rings (SSSR count). The van der Waals surface area contributed by atoms with Gasteiger partial charge in [0.15, 0.2) is 0 Å². The molecule has 1 saturated heterocycles. The minimum Gasteiger partial charge on any atom is -0.389 e. The summed E-state index contributed by atoms with van der Waals surface area (Å²) < 4.78 is 0. The van der Waals surface area contributed by atoms with Crippen molar-refractivity contribution in [3.63, 3.8) is 0 Å². The summed E-state index contributed by atoms with van der Waals surface area (Å²) >= 11 is 0. The van der Waals surface area contributed by atoms with E-state index in [1.54, 1.807) is 19.2 Å². The van der Waals surface area contributed by atoms with Gasteiger partial charge in [0.05, 0.1) is 10.5 Å². The average Bonchev–Trinajstić information content (AvgIpc) is 2.68. The van der Waals surface area contributed by atoms with Crippen LogP contribution in [0.2, 0.25) is 0 Å². The van der Waals surface area contributed by atoms with Crippen molar-refractivity contribution in [3.05, 3.63) is 33.9 Å². The van der Waals surface area contributed by atoms with Crippen molar-refractivity contribution in [1.82, 2.24) is 4.90 Å². The van der Waals surface area contributed by atoms with Gasteiger partial charge in [0.1, 0.15) is 0 Å². The van der Waals surface area contributed by atoms with E-state index in [1.165, 1.54) is 6.07 Å².